The fraction of sp³-hybridized carbons (Fsp3) is 0.267. The summed E-state index contributed by atoms with van der Waals surface area (Å²) in [5.74, 6) is -0.131. The van der Waals surface area contributed by atoms with Crippen molar-refractivity contribution in [1.29, 1.82) is 0 Å². The Morgan fingerprint density at radius 1 is 1.14 bits per heavy atom. The first-order valence-electron chi connectivity index (χ1n) is 6.75. The highest BCUT2D eigenvalue weighted by Crippen LogP contribution is 2.14. The van der Waals surface area contributed by atoms with Crippen LogP contribution in [0.5, 0.6) is 0 Å². The summed E-state index contributed by atoms with van der Waals surface area (Å²) in [5, 5.41) is 0. The van der Waals surface area contributed by atoms with Gasteiger partial charge in [-0.3, -0.25) is 4.98 Å². The second-order valence-corrected chi connectivity index (χ2v) is 6.55. The molecule has 0 saturated heterocycles. The van der Waals surface area contributed by atoms with Gasteiger partial charge in [-0.25, -0.2) is 13.1 Å². The van der Waals surface area contributed by atoms with Crippen LogP contribution in [0.15, 0.2) is 42.6 Å². The summed E-state index contributed by atoms with van der Waals surface area (Å²) in [7, 11) is -3.45. The summed E-state index contributed by atoms with van der Waals surface area (Å²) in [6.45, 7) is 2.21. The van der Waals surface area contributed by atoms with E-state index in [1.807, 2.05) is 19.1 Å². The average Bonchev–Trinajstić information content (AvgIpc) is 2.48. The van der Waals surface area contributed by atoms with E-state index in [-0.39, 0.29) is 12.3 Å². The lowest BCUT2D eigenvalue weighted by atomic mass is 10.1. The van der Waals surface area contributed by atoms with Gasteiger partial charge in [-0.15, -0.1) is 0 Å². The van der Waals surface area contributed by atoms with Gasteiger partial charge in [0.1, 0.15) is 0 Å². The molecule has 0 fully saturated rings. The van der Waals surface area contributed by atoms with E-state index in [4.69, 9.17) is 5.73 Å². The summed E-state index contributed by atoms with van der Waals surface area (Å²) in [5.41, 5.74) is 8.65. The van der Waals surface area contributed by atoms with Crippen LogP contribution >= 0.6 is 0 Å². The molecule has 1 aromatic heterocycles. The third-order valence-corrected chi connectivity index (χ3v) is 4.50. The van der Waals surface area contributed by atoms with Crippen LogP contribution in [0.3, 0.4) is 0 Å². The van der Waals surface area contributed by atoms with Crippen LogP contribution < -0.4 is 10.5 Å². The van der Waals surface area contributed by atoms with Crippen molar-refractivity contribution in [2.75, 3.05) is 5.73 Å². The molecule has 5 nitrogen and oxygen atoms in total. The van der Waals surface area contributed by atoms with E-state index in [0.29, 0.717) is 11.3 Å². The highest BCUT2D eigenvalue weighted by atomic mass is 32.2. The number of aromatic nitrogens is 1. The summed E-state index contributed by atoms with van der Waals surface area (Å²) >= 11 is 0. The van der Waals surface area contributed by atoms with E-state index >= 15 is 0 Å². The maximum atomic E-state index is 12.1. The molecule has 1 aromatic carbocycles. The zero-order valence-electron chi connectivity index (χ0n) is 11.9. The molecule has 0 radical (unpaired) electrons. The fourth-order valence-corrected chi connectivity index (χ4v) is 3.18. The molecule has 2 aromatic rings. The predicted octanol–water partition coefficient (Wildman–Crippen LogP) is 1.85. The summed E-state index contributed by atoms with van der Waals surface area (Å²) < 4.78 is 26.8. The molecular weight excluding hydrogens is 286 g/mol. The second-order valence-electron chi connectivity index (χ2n) is 4.74. The van der Waals surface area contributed by atoms with Gasteiger partial charge in [0.15, 0.2) is 0 Å². The average molecular weight is 305 g/mol. The fourth-order valence-electron chi connectivity index (χ4n) is 2.05. The van der Waals surface area contributed by atoms with E-state index in [1.54, 1.807) is 30.5 Å². The normalized spacial score (nSPS) is 11.5. The van der Waals surface area contributed by atoms with Crippen molar-refractivity contribution >= 4 is 15.7 Å². The molecule has 0 aliphatic carbocycles. The summed E-state index contributed by atoms with van der Waals surface area (Å²) in [4.78, 5) is 4.23. The number of hydrogen-bond donors (Lipinski definition) is 2. The van der Waals surface area contributed by atoms with Crippen LogP contribution in [-0.4, -0.2) is 13.4 Å². The van der Waals surface area contributed by atoms with Crippen molar-refractivity contribution in [1.82, 2.24) is 9.71 Å². The Kier molecular flexibility index (Phi) is 4.93. The Morgan fingerprint density at radius 3 is 2.57 bits per heavy atom. The molecule has 0 atom stereocenters. The number of pyridine rings is 1. The number of aryl methyl sites for hydroxylation is 1. The van der Waals surface area contributed by atoms with Crippen molar-refractivity contribution in [3.63, 3.8) is 0 Å². The molecule has 0 spiro atoms. The molecule has 21 heavy (non-hydrogen) atoms. The monoisotopic (exact) mass is 305 g/mol. The molecule has 3 N–H and O–H groups in total. The van der Waals surface area contributed by atoms with Gasteiger partial charge in [0.05, 0.1) is 18.0 Å². The smallest absolute Gasteiger partial charge is 0.216 e. The molecule has 0 amide bonds. The summed E-state index contributed by atoms with van der Waals surface area (Å²) in [6, 6.07) is 10.8. The maximum absolute atomic E-state index is 12.1. The van der Waals surface area contributed by atoms with Gasteiger partial charge in [0, 0.05) is 11.9 Å². The van der Waals surface area contributed by atoms with E-state index in [2.05, 4.69) is 9.71 Å². The Morgan fingerprint density at radius 2 is 1.86 bits per heavy atom. The van der Waals surface area contributed by atoms with Crippen LogP contribution in [-0.2, 0) is 28.7 Å². The topological polar surface area (TPSA) is 85.1 Å². The van der Waals surface area contributed by atoms with Crippen molar-refractivity contribution in [3.8, 4) is 0 Å². The van der Waals surface area contributed by atoms with Crippen LogP contribution in [0.4, 0.5) is 5.69 Å². The van der Waals surface area contributed by atoms with Gasteiger partial charge in [-0.1, -0.05) is 31.2 Å². The number of anilines is 1. The Balaban J connectivity index is 2.07. The van der Waals surface area contributed by atoms with E-state index in [1.165, 1.54) is 0 Å². The van der Waals surface area contributed by atoms with E-state index in [0.717, 1.165) is 17.7 Å². The molecule has 0 aliphatic rings. The minimum absolute atomic E-state index is 0.131. The molecular formula is C15H19N3O2S. The van der Waals surface area contributed by atoms with Gasteiger partial charge in [-0.2, -0.15) is 0 Å². The largest absolute Gasteiger partial charge is 0.398 e. The third-order valence-electron chi connectivity index (χ3n) is 3.23. The zero-order chi connectivity index (χ0) is 15.3. The number of hydrogen-bond acceptors (Lipinski definition) is 4. The van der Waals surface area contributed by atoms with Gasteiger partial charge in [0.2, 0.25) is 10.0 Å². The Labute approximate surface area is 125 Å². The van der Waals surface area contributed by atoms with E-state index in [9.17, 15) is 8.42 Å². The van der Waals surface area contributed by atoms with Crippen molar-refractivity contribution in [3.05, 3.63) is 59.4 Å². The van der Waals surface area contributed by atoms with Crippen LogP contribution in [0.1, 0.15) is 23.7 Å². The van der Waals surface area contributed by atoms with Gasteiger partial charge < -0.3 is 5.73 Å². The molecule has 0 saturated carbocycles. The van der Waals surface area contributed by atoms with Crippen LogP contribution in [0.2, 0.25) is 0 Å². The van der Waals surface area contributed by atoms with Crippen LogP contribution in [0, 0.1) is 0 Å². The lowest BCUT2D eigenvalue weighted by molar-refractivity contribution is 0.579. The highest BCUT2D eigenvalue weighted by Gasteiger charge is 2.14. The van der Waals surface area contributed by atoms with Gasteiger partial charge in [-0.05, 0) is 29.7 Å². The summed E-state index contributed by atoms with van der Waals surface area (Å²) in [6.07, 6.45) is 2.48. The van der Waals surface area contributed by atoms with Gasteiger partial charge >= 0.3 is 0 Å². The first-order valence-corrected chi connectivity index (χ1v) is 8.40. The molecule has 1 heterocycles. The van der Waals surface area contributed by atoms with E-state index < -0.39 is 10.0 Å². The molecule has 112 valence electrons. The standard InChI is InChI=1S/C15H19N3O2S/c1-2-12-7-5-9-17-15(12)10-18-21(19,20)11-13-6-3-4-8-14(13)16/h3-9,18H,2,10-11,16H2,1H3. The molecule has 0 aliphatic heterocycles. The molecule has 6 heteroatoms. The second kappa shape index (κ2) is 6.69. The minimum atomic E-state index is -3.45. The molecule has 0 unspecified atom stereocenters. The minimum Gasteiger partial charge on any atom is -0.398 e. The van der Waals surface area contributed by atoms with Gasteiger partial charge in [0.25, 0.3) is 0 Å². The first kappa shape index (κ1) is 15.5. The zero-order valence-corrected chi connectivity index (χ0v) is 12.7. The number of nitrogens with zero attached hydrogens (tertiary/aromatic N) is 1. The number of rotatable bonds is 6. The number of para-hydroxylation sites is 1. The van der Waals surface area contributed by atoms with Crippen molar-refractivity contribution in [2.24, 2.45) is 0 Å². The number of nitrogen functional groups attached to an aromatic ring is 1. The van der Waals surface area contributed by atoms with Crippen LogP contribution in [0.25, 0.3) is 0 Å². The number of nitrogens with one attached hydrogen (secondary N) is 1. The molecule has 0 bridgehead atoms. The highest BCUT2D eigenvalue weighted by molar-refractivity contribution is 7.88. The number of benzene rings is 1. The third kappa shape index (κ3) is 4.27. The maximum Gasteiger partial charge on any atom is 0.216 e. The SMILES string of the molecule is CCc1cccnc1CNS(=O)(=O)Cc1ccccc1N. The van der Waals surface area contributed by atoms with Crippen molar-refractivity contribution in [2.45, 2.75) is 25.6 Å². The quantitative estimate of drug-likeness (QED) is 0.798. The first-order chi connectivity index (χ1) is 10.0. The Hall–Kier alpha value is -1.92. The Bertz CT molecular complexity index is 714. The molecule has 2 rings (SSSR count). The number of nitrogens with two attached hydrogens (primary N) is 1. The van der Waals surface area contributed by atoms with Crippen molar-refractivity contribution < 1.29 is 8.42 Å². The lowest BCUT2D eigenvalue weighted by Crippen LogP contribution is -2.26. The predicted molar refractivity (Wildman–Crippen MR) is 83.9 cm³/mol. The lowest BCUT2D eigenvalue weighted by Gasteiger charge is -2.10. The number of sulfonamides is 1.